The van der Waals surface area contributed by atoms with Crippen LogP contribution in [0.4, 0.5) is 0 Å². The Bertz CT molecular complexity index is 223. The van der Waals surface area contributed by atoms with Gasteiger partial charge in [-0.3, -0.25) is 0 Å². The molecule has 0 spiro atoms. The molecule has 0 bridgehead atoms. The maximum Gasteiger partial charge on any atom is 0.139 e. The molecule has 2 nitrogen and oxygen atoms in total. The Balaban J connectivity index is 2.39. The van der Waals surface area contributed by atoms with E-state index >= 15 is 0 Å². The van der Waals surface area contributed by atoms with E-state index in [0.29, 0.717) is 4.32 Å². The summed E-state index contributed by atoms with van der Waals surface area (Å²) in [5.74, 6) is 0. The molecule has 1 aliphatic rings. The van der Waals surface area contributed by atoms with Gasteiger partial charge in [0.25, 0.3) is 0 Å². The largest absolute Gasteiger partial charge is 0.354 e. The Kier molecular flexibility index (Phi) is 5.36. The number of unbranched alkanes of at least 4 members (excludes halogenated alkanes) is 3. The predicted molar refractivity (Wildman–Crippen MR) is 71.4 cm³/mol. The van der Waals surface area contributed by atoms with Gasteiger partial charge in [-0.1, -0.05) is 38.4 Å². The van der Waals surface area contributed by atoms with Crippen molar-refractivity contribution in [1.82, 2.24) is 4.90 Å². The van der Waals surface area contributed by atoms with Crippen molar-refractivity contribution in [1.29, 1.82) is 0 Å². The second-order valence-electron chi connectivity index (χ2n) is 4.27. The van der Waals surface area contributed by atoms with Crippen LogP contribution in [-0.4, -0.2) is 28.1 Å². The zero-order chi connectivity index (χ0) is 11.3. The van der Waals surface area contributed by atoms with Crippen molar-refractivity contribution in [3.63, 3.8) is 0 Å². The minimum atomic E-state index is -0.202. The van der Waals surface area contributed by atoms with Gasteiger partial charge in [0, 0.05) is 6.54 Å². The molecular formula is C11H21NOS2. The van der Waals surface area contributed by atoms with Crippen LogP contribution in [0.3, 0.4) is 0 Å². The van der Waals surface area contributed by atoms with Crippen molar-refractivity contribution in [2.75, 3.05) is 13.2 Å². The topological polar surface area (TPSA) is 12.5 Å². The number of rotatable bonds is 5. The average Bonchev–Trinajstić information content (AvgIpc) is 2.56. The van der Waals surface area contributed by atoms with Crippen LogP contribution in [-0.2, 0) is 4.74 Å². The molecule has 0 aromatic carbocycles. The monoisotopic (exact) mass is 247 g/mol. The molecule has 1 saturated heterocycles. The van der Waals surface area contributed by atoms with E-state index in [1.807, 2.05) is 0 Å². The second-order valence-corrected chi connectivity index (χ2v) is 5.38. The zero-order valence-electron chi connectivity index (χ0n) is 9.66. The van der Waals surface area contributed by atoms with Crippen molar-refractivity contribution in [2.45, 2.75) is 51.7 Å². The highest BCUT2D eigenvalue weighted by atomic mass is 32.1. The average molecular weight is 247 g/mol. The number of nitrogens with zero attached hydrogens (tertiary/aromatic N) is 1. The number of ether oxygens (including phenoxy) is 1. The summed E-state index contributed by atoms with van der Waals surface area (Å²) < 4.78 is 6.44. The van der Waals surface area contributed by atoms with E-state index in [0.717, 1.165) is 19.6 Å². The fourth-order valence-corrected chi connectivity index (χ4v) is 2.65. The summed E-state index contributed by atoms with van der Waals surface area (Å²) in [5, 5.41) is 0. The first-order valence-corrected chi connectivity index (χ1v) is 6.60. The molecule has 0 aliphatic carbocycles. The Morgan fingerprint density at radius 1 is 1.47 bits per heavy atom. The third-order valence-corrected chi connectivity index (χ3v) is 3.49. The van der Waals surface area contributed by atoms with Gasteiger partial charge in [0.1, 0.15) is 10.0 Å². The second kappa shape index (κ2) is 6.06. The van der Waals surface area contributed by atoms with Gasteiger partial charge >= 0.3 is 0 Å². The standard InChI is InChI=1S/C11H21NOS2/c1-3-4-5-6-7-11(2)12(10(14)15)8-9-13-11/h3-9H2,1-2H3,(H,14,15). The smallest absolute Gasteiger partial charge is 0.139 e. The number of thiol groups is 1. The number of thiocarbonyl (C=S) groups is 1. The molecule has 0 N–H and O–H groups in total. The van der Waals surface area contributed by atoms with Crippen molar-refractivity contribution in [3.8, 4) is 0 Å². The highest BCUT2D eigenvalue weighted by Gasteiger charge is 2.37. The van der Waals surface area contributed by atoms with Gasteiger partial charge in [-0.15, -0.1) is 12.6 Å². The van der Waals surface area contributed by atoms with E-state index in [-0.39, 0.29) is 5.72 Å². The van der Waals surface area contributed by atoms with E-state index in [2.05, 4.69) is 31.4 Å². The van der Waals surface area contributed by atoms with Crippen LogP contribution in [0.15, 0.2) is 0 Å². The third kappa shape index (κ3) is 3.61. The quantitative estimate of drug-likeness (QED) is 0.455. The first-order valence-electron chi connectivity index (χ1n) is 5.74. The van der Waals surface area contributed by atoms with Crippen molar-refractivity contribution >= 4 is 29.2 Å². The molecule has 15 heavy (non-hydrogen) atoms. The lowest BCUT2D eigenvalue weighted by atomic mass is 10.1. The predicted octanol–water partition coefficient (Wildman–Crippen LogP) is 3.22. The molecule has 0 saturated carbocycles. The lowest BCUT2D eigenvalue weighted by molar-refractivity contribution is -0.0443. The highest BCUT2D eigenvalue weighted by Crippen LogP contribution is 2.29. The Hall–Kier alpha value is 0.200. The summed E-state index contributed by atoms with van der Waals surface area (Å²) in [6.45, 7) is 6.00. The summed E-state index contributed by atoms with van der Waals surface area (Å²) in [5.41, 5.74) is -0.202. The lowest BCUT2D eigenvalue weighted by Crippen LogP contribution is -2.43. The molecule has 0 radical (unpaired) electrons. The number of hydrogen-bond acceptors (Lipinski definition) is 2. The van der Waals surface area contributed by atoms with Crippen molar-refractivity contribution in [3.05, 3.63) is 0 Å². The van der Waals surface area contributed by atoms with Gasteiger partial charge in [0.05, 0.1) is 6.61 Å². The Morgan fingerprint density at radius 3 is 2.80 bits per heavy atom. The van der Waals surface area contributed by atoms with Gasteiger partial charge in [-0.2, -0.15) is 0 Å². The van der Waals surface area contributed by atoms with E-state index in [9.17, 15) is 0 Å². The lowest BCUT2D eigenvalue weighted by Gasteiger charge is -2.34. The Labute approximate surface area is 104 Å². The summed E-state index contributed by atoms with van der Waals surface area (Å²) in [4.78, 5) is 2.09. The molecule has 1 aliphatic heterocycles. The zero-order valence-corrected chi connectivity index (χ0v) is 11.4. The normalized spacial score (nSPS) is 25.9. The molecule has 0 aromatic rings. The van der Waals surface area contributed by atoms with E-state index in [4.69, 9.17) is 17.0 Å². The van der Waals surface area contributed by atoms with Crippen molar-refractivity contribution < 1.29 is 4.74 Å². The maximum atomic E-state index is 5.78. The minimum Gasteiger partial charge on any atom is -0.354 e. The molecule has 0 aromatic heterocycles. The molecule has 4 heteroatoms. The molecule has 1 rings (SSSR count). The van der Waals surface area contributed by atoms with Crippen molar-refractivity contribution in [2.24, 2.45) is 0 Å². The minimum absolute atomic E-state index is 0.202. The van der Waals surface area contributed by atoms with Crippen LogP contribution in [0.25, 0.3) is 0 Å². The maximum absolute atomic E-state index is 5.78. The van der Waals surface area contributed by atoms with Crippen LogP contribution in [0, 0.1) is 0 Å². The molecule has 1 unspecified atom stereocenters. The first kappa shape index (κ1) is 13.3. The number of hydrogen-bond donors (Lipinski definition) is 1. The van der Waals surface area contributed by atoms with Gasteiger partial charge < -0.3 is 9.64 Å². The highest BCUT2D eigenvalue weighted by molar-refractivity contribution is 8.10. The SMILES string of the molecule is CCCCCCC1(C)OCCN1C(=S)S. The van der Waals surface area contributed by atoms with E-state index < -0.39 is 0 Å². The molecule has 1 atom stereocenters. The molecule has 1 fully saturated rings. The molecule has 0 amide bonds. The van der Waals surface area contributed by atoms with Gasteiger partial charge in [0.2, 0.25) is 0 Å². The van der Waals surface area contributed by atoms with Crippen LogP contribution in [0.1, 0.15) is 46.0 Å². The fraction of sp³-hybridized carbons (Fsp3) is 0.909. The molecule has 1 heterocycles. The summed E-state index contributed by atoms with van der Waals surface area (Å²) in [7, 11) is 0. The van der Waals surface area contributed by atoms with E-state index in [1.165, 1.54) is 25.7 Å². The summed E-state index contributed by atoms with van der Waals surface area (Å²) in [6, 6.07) is 0. The van der Waals surface area contributed by atoms with Crippen LogP contribution < -0.4 is 0 Å². The third-order valence-electron chi connectivity index (χ3n) is 3.02. The summed E-state index contributed by atoms with van der Waals surface area (Å²) in [6.07, 6.45) is 6.11. The fourth-order valence-electron chi connectivity index (χ4n) is 2.06. The van der Waals surface area contributed by atoms with Crippen LogP contribution >= 0.6 is 24.8 Å². The van der Waals surface area contributed by atoms with Gasteiger partial charge in [-0.25, -0.2) is 0 Å². The first-order chi connectivity index (χ1) is 7.10. The van der Waals surface area contributed by atoms with E-state index in [1.54, 1.807) is 0 Å². The van der Waals surface area contributed by atoms with Crippen LogP contribution in [0.2, 0.25) is 0 Å². The van der Waals surface area contributed by atoms with Gasteiger partial charge in [-0.05, 0) is 19.8 Å². The summed E-state index contributed by atoms with van der Waals surface area (Å²) >= 11 is 9.36. The van der Waals surface area contributed by atoms with Crippen LogP contribution in [0.5, 0.6) is 0 Å². The van der Waals surface area contributed by atoms with Gasteiger partial charge in [0.15, 0.2) is 0 Å². The molecular weight excluding hydrogens is 226 g/mol. The Morgan fingerprint density at radius 2 is 2.20 bits per heavy atom. The molecule has 88 valence electrons.